The highest BCUT2D eigenvalue weighted by Gasteiger charge is 2.22. The first-order valence-corrected chi connectivity index (χ1v) is 5.42. The largest absolute Gasteiger partial charge is 0.323 e. The van der Waals surface area contributed by atoms with E-state index in [1.807, 2.05) is 18.4 Å². The van der Waals surface area contributed by atoms with E-state index < -0.39 is 0 Å². The molecule has 0 aromatic carbocycles. The van der Waals surface area contributed by atoms with Gasteiger partial charge in [-0.15, -0.1) is 0 Å². The van der Waals surface area contributed by atoms with Gasteiger partial charge in [0.2, 0.25) is 5.91 Å². The predicted octanol–water partition coefficient (Wildman–Crippen LogP) is 1.55. The number of rotatable bonds is 0. The minimum atomic E-state index is -0.0972. The van der Waals surface area contributed by atoms with E-state index >= 15 is 0 Å². The Bertz CT molecular complexity index is 331. The van der Waals surface area contributed by atoms with Gasteiger partial charge in [0, 0.05) is 6.21 Å². The minimum absolute atomic E-state index is 0.0488. The van der Waals surface area contributed by atoms with E-state index in [9.17, 15) is 4.79 Å². The van der Waals surface area contributed by atoms with Crippen LogP contribution in [0.25, 0.3) is 0 Å². The standard InChI is InChI=1S/C9H9IN2O/c10-6-5-8-7(12-9(6)13)3-1-2-4-11-8/h3-6H,1-2H2,(H,12,13). The Morgan fingerprint density at radius 2 is 2.38 bits per heavy atom. The summed E-state index contributed by atoms with van der Waals surface area (Å²) in [6.45, 7) is 0. The second-order valence-electron chi connectivity index (χ2n) is 2.95. The zero-order valence-corrected chi connectivity index (χ0v) is 9.11. The van der Waals surface area contributed by atoms with Crippen molar-refractivity contribution in [3.63, 3.8) is 0 Å². The molecule has 1 N–H and O–H groups in total. The van der Waals surface area contributed by atoms with E-state index in [0.717, 1.165) is 24.2 Å². The van der Waals surface area contributed by atoms with Gasteiger partial charge in [-0.05, 0) is 18.9 Å². The van der Waals surface area contributed by atoms with Crippen molar-refractivity contribution in [2.45, 2.75) is 16.8 Å². The lowest BCUT2D eigenvalue weighted by atomic mass is 10.1. The van der Waals surface area contributed by atoms with Crippen LogP contribution in [0.1, 0.15) is 12.8 Å². The Balaban J connectivity index is 2.38. The van der Waals surface area contributed by atoms with Crippen LogP contribution in [-0.2, 0) is 4.79 Å². The maximum absolute atomic E-state index is 11.3. The molecular formula is C9H9IN2O. The molecule has 4 heteroatoms. The molecule has 2 rings (SSSR count). The third-order valence-electron chi connectivity index (χ3n) is 1.96. The summed E-state index contributed by atoms with van der Waals surface area (Å²) in [4.78, 5) is 15.6. The van der Waals surface area contributed by atoms with E-state index in [4.69, 9.17) is 0 Å². The number of nitrogens with one attached hydrogen (secondary N) is 1. The smallest absolute Gasteiger partial charge is 0.241 e. The van der Waals surface area contributed by atoms with Gasteiger partial charge >= 0.3 is 0 Å². The number of amides is 1. The van der Waals surface area contributed by atoms with Gasteiger partial charge in [-0.2, -0.15) is 0 Å². The van der Waals surface area contributed by atoms with Crippen molar-refractivity contribution in [3.8, 4) is 0 Å². The molecule has 0 aromatic heterocycles. The Hall–Kier alpha value is -0.650. The van der Waals surface area contributed by atoms with Gasteiger partial charge in [0.25, 0.3) is 0 Å². The molecule has 1 amide bonds. The lowest BCUT2D eigenvalue weighted by Gasteiger charge is -2.17. The average molecular weight is 288 g/mol. The van der Waals surface area contributed by atoms with Crippen LogP contribution in [0.4, 0.5) is 0 Å². The van der Waals surface area contributed by atoms with E-state index in [2.05, 4.69) is 32.9 Å². The number of fused-ring (bicyclic) bond motifs is 1. The topological polar surface area (TPSA) is 41.5 Å². The lowest BCUT2D eigenvalue weighted by Crippen LogP contribution is -2.34. The molecule has 1 unspecified atom stereocenters. The first-order chi connectivity index (χ1) is 6.27. The van der Waals surface area contributed by atoms with E-state index in [-0.39, 0.29) is 9.83 Å². The first kappa shape index (κ1) is 8.93. The van der Waals surface area contributed by atoms with Crippen molar-refractivity contribution in [3.05, 3.63) is 23.5 Å². The van der Waals surface area contributed by atoms with Crippen LogP contribution in [0.3, 0.4) is 0 Å². The number of alkyl halides is 1. The summed E-state index contributed by atoms with van der Waals surface area (Å²) in [5.41, 5.74) is 1.77. The van der Waals surface area contributed by atoms with Crippen LogP contribution in [-0.4, -0.2) is 16.0 Å². The number of hydrogen-bond donors (Lipinski definition) is 1. The van der Waals surface area contributed by atoms with E-state index in [0.29, 0.717) is 0 Å². The molecule has 0 saturated carbocycles. The lowest BCUT2D eigenvalue weighted by molar-refractivity contribution is -0.119. The van der Waals surface area contributed by atoms with Crippen LogP contribution in [0.2, 0.25) is 0 Å². The fourth-order valence-corrected chi connectivity index (χ4v) is 1.80. The summed E-state index contributed by atoms with van der Waals surface area (Å²) in [5.74, 6) is 0.0488. The van der Waals surface area contributed by atoms with Gasteiger partial charge in [0.05, 0.1) is 11.4 Å². The van der Waals surface area contributed by atoms with Crippen LogP contribution >= 0.6 is 22.6 Å². The molecule has 2 heterocycles. The highest BCUT2D eigenvalue weighted by atomic mass is 127. The van der Waals surface area contributed by atoms with Gasteiger partial charge in [0.1, 0.15) is 3.92 Å². The van der Waals surface area contributed by atoms with Gasteiger partial charge in [0.15, 0.2) is 0 Å². The third-order valence-corrected chi connectivity index (χ3v) is 2.89. The number of allylic oxidation sites excluding steroid dienone is 1. The van der Waals surface area contributed by atoms with Crippen molar-refractivity contribution < 1.29 is 4.79 Å². The van der Waals surface area contributed by atoms with Crippen LogP contribution in [0.15, 0.2) is 28.5 Å². The first-order valence-electron chi connectivity index (χ1n) is 4.17. The van der Waals surface area contributed by atoms with Crippen molar-refractivity contribution >= 4 is 34.7 Å². The number of carbonyl (C=O) groups is 1. The summed E-state index contributed by atoms with van der Waals surface area (Å²) >= 11 is 2.09. The minimum Gasteiger partial charge on any atom is -0.323 e. The van der Waals surface area contributed by atoms with Gasteiger partial charge in [-0.3, -0.25) is 9.79 Å². The molecule has 13 heavy (non-hydrogen) atoms. The highest BCUT2D eigenvalue weighted by molar-refractivity contribution is 14.1. The van der Waals surface area contributed by atoms with Crippen molar-refractivity contribution in [1.82, 2.24) is 5.32 Å². The molecule has 1 atom stereocenters. The van der Waals surface area contributed by atoms with Crippen molar-refractivity contribution in [2.75, 3.05) is 0 Å². The Morgan fingerprint density at radius 1 is 1.54 bits per heavy atom. The Kier molecular flexibility index (Phi) is 2.48. The number of hydrogen-bond acceptors (Lipinski definition) is 2. The fourth-order valence-electron chi connectivity index (χ4n) is 1.30. The van der Waals surface area contributed by atoms with Gasteiger partial charge in [-0.25, -0.2) is 0 Å². The zero-order chi connectivity index (χ0) is 9.26. The van der Waals surface area contributed by atoms with Crippen LogP contribution in [0.5, 0.6) is 0 Å². The maximum atomic E-state index is 11.3. The Labute approximate surface area is 90.1 Å². The monoisotopic (exact) mass is 288 g/mol. The maximum Gasteiger partial charge on any atom is 0.241 e. The molecule has 2 aliphatic heterocycles. The van der Waals surface area contributed by atoms with Gasteiger partial charge in [-0.1, -0.05) is 28.7 Å². The molecule has 0 radical (unpaired) electrons. The third kappa shape index (κ3) is 1.82. The summed E-state index contributed by atoms with van der Waals surface area (Å²) in [5, 5.41) is 2.84. The molecule has 0 aromatic rings. The number of halogens is 1. The van der Waals surface area contributed by atoms with Gasteiger partial charge < -0.3 is 5.32 Å². The summed E-state index contributed by atoms with van der Waals surface area (Å²) in [6, 6.07) is 0. The summed E-state index contributed by atoms with van der Waals surface area (Å²) in [7, 11) is 0. The number of nitrogens with zero attached hydrogens (tertiary/aromatic N) is 1. The van der Waals surface area contributed by atoms with Crippen molar-refractivity contribution in [2.24, 2.45) is 4.99 Å². The predicted molar refractivity (Wildman–Crippen MR) is 59.8 cm³/mol. The van der Waals surface area contributed by atoms with Crippen LogP contribution in [0, 0.1) is 0 Å². The average Bonchev–Trinajstić information content (AvgIpc) is 2.31. The molecule has 0 bridgehead atoms. The summed E-state index contributed by atoms with van der Waals surface area (Å²) in [6.07, 6.45) is 7.72. The molecule has 0 saturated heterocycles. The molecule has 3 nitrogen and oxygen atoms in total. The second-order valence-corrected chi connectivity index (χ2v) is 4.29. The molecule has 2 aliphatic rings. The quantitative estimate of drug-likeness (QED) is 0.533. The second kappa shape index (κ2) is 3.61. The Morgan fingerprint density at radius 3 is 3.23 bits per heavy atom. The van der Waals surface area contributed by atoms with Crippen LogP contribution < -0.4 is 5.32 Å². The van der Waals surface area contributed by atoms with E-state index in [1.54, 1.807) is 0 Å². The zero-order valence-electron chi connectivity index (χ0n) is 6.96. The number of carbonyl (C=O) groups excluding carboxylic acids is 1. The molecule has 0 spiro atoms. The molecular weight excluding hydrogens is 279 g/mol. The molecule has 0 fully saturated rings. The fraction of sp³-hybridized carbons (Fsp3) is 0.333. The normalized spacial score (nSPS) is 26.8. The molecule has 68 valence electrons. The number of aliphatic imine (C=N–C) groups is 1. The highest BCUT2D eigenvalue weighted by Crippen LogP contribution is 2.21. The van der Waals surface area contributed by atoms with E-state index in [1.165, 1.54) is 0 Å². The molecule has 0 aliphatic carbocycles. The summed E-state index contributed by atoms with van der Waals surface area (Å²) < 4.78 is -0.0972. The SMILES string of the molecule is O=C1NC2=CCCC=NC2=CC1I. The van der Waals surface area contributed by atoms with Crippen molar-refractivity contribution in [1.29, 1.82) is 0 Å².